The Kier molecular flexibility index (Phi) is 8.06. The average Bonchev–Trinajstić information content (AvgIpc) is 3.14. The van der Waals surface area contributed by atoms with Crippen LogP contribution in [-0.2, 0) is 14.3 Å². The SMILES string of the molecule is CCC(C)C(NC(=O)OCC1c2ccccc2-c2ccccc21)C(=O)NC(CCO)C(=O)O. The summed E-state index contributed by atoms with van der Waals surface area (Å²) < 4.78 is 5.53. The van der Waals surface area contributed by atoms with Crippen LogP contribution in [0.15, 0.2) is 48.5 Å². The van der Waals surface area contributed by atoms with E-state index < -0.39 is 30.1 Å². The van der Waals surface area contributed by atoms with Crippen LogP contribution in [0.5, 0.6) is 0 Å². The fourth-order valence-corrected chi connectivity index (χ4v) is 4.12. The van der Waals surface area contributed by atoms with Crippen molar-refractivity contribution in [2.45, 2.75) is 44.7 Å². The van der Waals surface area contributed by atoms with Gasteiger partial charge in [0.05, 0.1) is 0 Å². The second kappa shape index (κ2) is 11.0. The molecule has 0 aromatic heterocycles. The van der Waals surface area contributed by atoms with Crippen molar-refractivity contribution in [3.63, 3.8) is 0 Å². The standard InChI is InChI=1S/C25H30N2O6/c1-3-15(2)22(23(29)26-21(12-13-28)24(30)31)27-25(32)33-14-20-18-10-6-4-8-16(18)17-9-5-7-11-19(17)20/h4-11,15,20-22,28H,3,12-14H2,1-2H3,(H,26,29)(H,27,32)(H,30,31). The minimum absolute atomic E-state index is 0.108. The van der Waals surface area contributed by atoms with E-state index in [0.717, 1.165) is 22.3 Å². The zero-order valence-corrected chi connectivity index (χ0v) is 18.8. The predicted octanol–water partition coefficient (Wildman–Crippen LogP) is 2.89. The van der Waals surface area contributed by atoms with Crippen molar-refractivity contribution in [3.8, 4) is 11.1 Å². The second-order valence-corrected chi connectivity index (χ2v) is 8.24. The summed E-state index contributed by atoms with van der Waals surface area (Å²) in [6.45, 7) is 3.38. The van der Waals surface area contributed by atoms with Crippen molar-refractivity contribution in [2.75, 3.05) is 13.2 Å². The first-order valence-electron chi connectivity index (χ1n) is 11.1. The predicted molar refractivity (Wildman–Crippen MR) is 123 cm³/mol. The molecule has 176 valence electrons. The van der Waals surface area contributed by atoms with E-state index in [1.165, 1.54) is 0 Å². The number of nitrogens with one attached hydrogen (secondary N) is 2. The van der Waals surface area contributed by atoms with Crippen molar-refractivity contribution >= 4 is 18.0 Å². The average molecular weight is 455 g/mol. The van der Waals surface area contributed by atoms with Crippen molar-refractivity contribution in [3.05, 3.63) is 59.7 Å². The Labute approximate surface area is 193 Å². The van der Waals surface area contributed by atoms with Gasteiger partial charge in [0.25, 0.3) is 0 Å². The molecule has 33 heavy (non-hydrogen) atoms. The number of rotatable bonds is 10. The minimum atomic E-state index is -1.25. The number of carboxylic acid groups (broad SMARTS) is 1. The molecule has 0 aliphatic heterocycles. The van der Waals surface area contributed by atoms with Gasteiger partial charge in [-0.1, -0.05) is 68.8 Å². The molecule has 0 saturated heterocycles. The van der Waals surface area contributed by atoms with E-state index in [-0.39, 0.29) is 31.5 Å². The zero-order valence-electron chi connectivity index (χ0n) is 18.8. The molecule has 4 N–H and O–H groups in total. The van der Waals surface area contributed by atoms with Crippen LogP contribution in [0.25, 0.3) is 11.1 Å². The van der Waals surface area contributed by atoms with Crippen molar-refractivity contribution in [1.82, 2.24) is 10.6 Å². The van der Waals surface area contributed by atoms with Crippen LogP contribution in [0.1, 0.15) is 43.7 Å². The highest BCUT2D eigenvalue weighted by atomic mass is 16.5. The number of fused-ring (bicyclic) bond motifs is 3. The highest BCUT2D eigenvalue weighted by Crippen LogP contribution is 2.44. The van der Waals surface area contributed by atoms with E-state index in [4.69, 9.17) is 9.84 Å². The van der Waals surface area contributed by atoms with Gasteiger partial charge in [0.15, 0.2) is 0 Å². The molecule has 3 atom stereocenters. The summed E-state index contributed by atoms with van der Waals surface area (Å²) in [5.74, 6) is -2.24. The number of carbonyl (C=O) groups excluding carboxylic acids is 2. The molecule has 0 heterocycles. The number of benzene rings is 2. The summed E-state index contributed by atoms with van der Waals surface area (Å²) in [6.07, 6.45) is -0.287. The van der Waals surface area contributed by atoms with E-state index in [0.29, 0.717) is 6.42 Å². The Bertz CT molecular complexity index is 962. The highest BCUT2D eigenvalue weighted by molar-refractivity contribution is 5.89. The molecule has 3 unspecified atom stereocenters. The number of alkyl carbamates (subject to hydrolysis) is 1. The van der Waals surface area contributed by atoms with E-state index in [1.807, 2.05) is 55.5 Å². The van der Waals surface area contributed by atoms with Gasteiger partial charge in [-0.25, -0.2) is 9.59 Å². The summed E-state index contributed by atoms with van der Waals surface area (Å²) in [4.78, 5) is 36.7. The molecule has 0 spiro atoms. The highest BCUT2D eigenvalue weighted by Gasteiger charge is 2.32. The zero-order chi connectivity index (χ0) is 24.0. The molecule has 8 heteroatoms. The number of aliphatic hydroxyl groups is 1. The molecule has 0 saturated carbocycles. The van der Waals surface area contributed by atoms with Crippen molar-refractivity contribution < 1.29 is 29.3 Å². The van der Waals surface area contributed by atoms with Crippen LogP contribution in [0, 0.1) is 5.92 Å². The Balaban J connectivity index is 1.68. The van der Waals surface area contributed by atoms with Crippen LogP contribution in [-0.4, -0.2) is 53.5 Å². The number of carboxylic acids is 1. The number of carbonyl (C=O) groups is 3. The van der Waals surface area contributed by atoms with Gasteiger partial charge in [-0.3, -0.25) is 4.79 Å². The van der Waals surface area contributed by atoms with Crippen molar-refractivity contribution in [2.24, 2.45) is 5.92 Å². The lowest BCUT2D eigenvalue weighted by Crippen LogP contribution is -2.54. The topological polar surface area (TPSA) is 125 Å². The smallest absolute Gasteiger partial charge is 0.407 e. The molecule has 8 nitrogen and oxygen atoms in total. The van der Waals surface area contributed by atoms with E-state index in [2.05, 4.69) is 10.6 Å². The van der Waals surface area contributed by atoms with Crippen molar-refractivity contribution in [1.29, 1.82) is 0 Å². The quantitative estimate of drug-likeness (QED) is 0.438. The number of ether oxygens (including phenoxy) is 1. The molecule has 3 rings (SSSR count). The van der Waals surface area contributed by atoms with Gasteiger partial charge in [0.1, 0.15) is 18.7 Å². The summed E-state index contributed by atoms with van der Waals surface area (Å²) in [5.41, 5.74) is 4.39. The monoisotopic (exact) mass is 454 g/mol. The molecule has 0 radical (unpaired) electrons. The number of hydrogen-bond acceptors (Lipinski definition) is 5. The van der Waals surface area contributed by atoms with E-state index >= 15 is 0 Å². The van der Waals surface area contributed by atoms with Gasteiger partial charge in [-0.05, 0) is 28.2 Å². The maximum atomic E-state index is 12.7. The molecule has 1 aliphatic rings. The lowest BCUT2D eigenvalue weighted by molar-refractivity contribution is -0.142. The summed E-state index contributed by atoms with van der Waals surface area (Å²) in [6, 6.07) is 13.8. The van der Waals surface area contributed by atoms with E-state index in [9.17, 15) is 19.5 Å². The molecular weight excluding hydrogens is 424 g/mol. The van der Waals surface area contributed by atoms with Crippen LogP contribution in [0.2, 0.25) is 0 Å². The Morgan fingerprint density at radius 1 is 1.00 bits per heavy atom. The maximum absolute atomic E-state index is 12.7. The van der Waals surface area contributed by atoms with Gasteiger partial charge < -0.3 is 25.6 Å². The van der Waals surface area contributed by atoms with Gasteiger partial charge >= 0.3 is 12.1 Å². The third-order valence-corrected chi connectivity index (χ3v) is 6.14. The summed E-state index contributed by atoms with van der Waals surface area (Å²) in [7, 11) is 0. The van der Waals surface area contributed by atoms with Crippen LogP contribution in [0.3, 0.4) is 0 Å². The third-order valence-electron chi connectivity index (χ3n) is 6.14. The Morgan fingerprint density at radius 3 is 2.09 bits per heavy atom. The van der Waals surface area contributed by atoms with Gasteiger partial charge in [0.2, 0.25) is 5.91 Å². The summed E-state index contributed by atoms with van der Waals surface area (Å²) >= 11 is 0. The Hall–Kier alpha value is -3.39. The second-order valence-electron chi connectivity index (χ2n) is 8.24. The summed E-state index contributed by atoms with van der Waals surface area (Å²) in [5, 5.41) is 23.3. The number of aliphatic hydroxyl groups excluding tert-OH is 1. The first-order chi connectivity index (χ1) is 15.9. The molecular formula is C25H30N2O6. The van der Waals surface area contributed by atoms with Crippen LogP contribution < -0.4 is 10.6 Å². The molecule has 1 aliphatic carbocycles. The molecule has 2 aromatic rings. The van der Waals surface area contributed by atoms with Gasteiger partial charge in [-0.2, -0.15) is 0 Å². The Morgan fingerprint density at radius 2 is 1.58 bits per heavy atom. The van der Waals surface area contributed by atoms with Crippen LogP contribution in [0.4, 0.5) is 4.79 Å². The van der Waals surface area contributed by atoms with Gasteiger partial charge in [0, 0.05) is 18.9 Å². The molecule has 0 fully saturated rings. The molecule has 0 bridgehead atoms. The number of amides is 2. The normalized spacial score (nSPS) is 15.0. The van der Waals surface area contributed by atoms with Crippen LogP contribution >= 0.6 is 0 Å². The minimum Gasteiger partial charge on any atom is -0.480 e. The van der Waals surface area contributed by atoms with Gasteiger partial charge in [-0.15, -0.1) is 0 Å². The maximum Gasteiger partial charge on any atom is 0.407 e. The fraction of sp³-hybridized carbons (Fsp3) is 0.400. The first kappa shape index (κ1) is 24.3. The fourth-order valence-electron chi connectivity index (χ4n) is 4.12. The number of hydrogen-bond donors (Lipinski definition) is 4. The third kappa shape index (κ3) is 5.51. The first-order valence-corrected chi connectivity index (χ1v) is 11.1. The largest absolute Gasteiger partial charge is 0.480 e. The molecule has 2 aromatic carbocycles. The lowest BCUT2D eigenvalue weighted by atomic mass is 9.97. The van der Waals surface area contributed by atoms with E-state index in [1.54, 1.807) is 6.92 Å². The molecule has 2 amide bonds. The number of aliphatic carboxylic acids is 1. The lowest BCUT2D eigenvalue weighted by Gasteiger charge is -2.25.